The van der Waals surface area contributed by atoms with E-state index in [1.54, 1.807) is 16.7 Å². The van der Waals surface area contributed by atoms with E-state index in [-0.39, 0.29) is 5.41 Å². The van der Waals surface area contributed by atoms with E-state index in [9.17, 15) is 0 Å². The molecule has 0 radical (unpaired) electrons. The van der Waals surface area contributed by atoms with Crippen LogP contribution in [0.15, 0.2) is 127 Å². The van der Waals surface area contributed by atoms with Gasteiger partial charge in [-0.3, -0.25) is 0 Å². The van der Waals surface area contributed by atoms with Crippen LogP contribution >= 0.6 is 0 Å². The minimum absolute atomic E-state index is 0.274. The Balaban J connectivity index is 1.16. The first-order valence-electron chi connectivity index (χ1n) is 29.4. The zero-order chi connectivity index (χ0) is 49.3. The number of anilines is 3. The van der Waals surface area contributed by atoms with Crippen LogP contribution in [0.3, 0.4) is 0 Å². The maximum atomic E-state index is 2.67. The highest BCUT2D eigenvalue weighted by atomic mass is 15.1. The summed E-state index contributed by atoms with van der Waals surface area (Å²) in [4.78, 5) is 2.55. The Morgan fingerprint density at radius 1 is 0.451 bits per heavy atom. The van der Waals surface area contributed by atoms with Crippen LogP contribution in [-0.4, -0.2) is 0 Å². The molecule has 0 N–H and O–H groups in total. The molecule has 374 valence electrons. The van der Waals surface area contributed by atoms with Crippen molar-refractivity contribution in [3.63, 3.8) is 0 Å². The molecule has 3 aliphatic carbocycles. The first-order valence-corrected chi connectivity index (χ1v) is 29.4. The Bertz CT molecular complexity index is 2580. The molecule has 4 unspecified atom stereocenters. The average molecular weight is 944 g/mol. The summed E-state index contributed by atoms with van der Waals surface area (Å²) in [5, 5.41) is 0. The molecular weight excluding hydrogens is 855 g/mol. The van der Waals surface area contributed by atoms with Gasteiger partial charge < -0.3 is 4.90 Å². The quantitative estimate of drug-likeness (QED) is 0.0695. The largest absolute Gasteiger partial charge is 0.310 e. The molecule has 0 bridgehead atoms. The van der Waals surface area contributed by atoms with Crippen molar-refractivity contribution >= 4 is 17.1 Å². The number of benzene rings is 6. The fourth-order valence-corrected chi connectivity index (χ4v) is 14.0. The van der Waals surface area contributed by atoms with Crippen molar-refractivity contribution in [1.82, 2.24) is 0 Å². The Labute approximate surface area is 432 Å². The monoisotopic (exact) mass is 944 g/mol. The molecule has 2 fully saturated rings. The minimum Gasteiger partial charge on any atom is -0.310 e. The fourth-order valence-electron chi connectivity index (χ4n) is 14.0. The number of fused-ring (bicyclic) bond motifs is 3. The van der Waals surface area contributed by atoms with Gasteiger partial charge in [0.25, 0.3) is 0 Å². The fraction of sp³-hybridized carbons (Fsp3) is 0.486. The van der Waals surface area contributed by atoms with Crippen LogP contribution in [0.4, 0.5) is 17.1 Å². The van der Waals surface area contributed by atoms with E-state index >= 15 is 0 Å². The van der Waals surface area contributed by atoms with Gasteiger partial charge in [-0.2, -0.15) is 0 Å². The number of hydrogen-bond acceptors (Lipinski definition) is 1. The number of nitrogens with zero attached hydrogens (tertiary/aromatic N) is 1. The SMILES string of the molecule is CCCCC(CC)c1cc(-c2ccc(N(c3ccc(C4CCCCC4)cc3)c3ccc4c(c3)C(C)(c3ccc(C5CCCCC5)cc3)c3ccccc3-4)cc2)cc(C(CC)CCCC)c1C(CC)CCC. The third-order valence-corrected chi connectivity index (χ3v) is 18.3. The maximum absolute atomic E-state index is 2.67. The van der Waals surface area contributed by atoms with Crippen molar-refractivity contribution in [3.05, 3.63) is 172 Å². The van der Waals surface area contributed by atoms with Crippen molar-refractivity contribution in [2.45, 2.75) is 218 Å². The van der Waals surface area contributed by atoms with Crippen LogP contribution in [0.2, 0.25) is 0 Å². The molecule has 0 spiro atoms. The highest BCUT2D eigenvalue weighted by molar-refractivity contribution is 5.87. The average Bonchev–Trinajstić information content (AvgIpc) is 3.69. The van der Waals surface area contributed by atoms with E-state index in [0.717, 1.165) is 0 Å². The van der Waals surface area contributed by atoms with E-state index in [4.69, 9.17) is 0 Å². The Morgan fingerprint density at radius 3 is 1.46 bits per heavy atom. The molecule has 2 saturated carbocycles. The molecule has 71 heavy (non-hydrogen) atoms. The first-order chi connectivity index (χ1) is 34.8. The molecule has 6 aromatic carbocycles. The summed E-state index contributed by atoms with van der Waals surface area (Å²) in [5.41, 5.74) is 21.1. The van der Waals surface area contributed by atoms with Gasteiger partial charge in [-0.25, -0.2) is 0 Å². The van der Waals surface area contributed by atoms with Crippen molar-refractivity contribution < 1.29 is 0 Å². The second-order valence-electron chi connectivity index (χ2n) is 22.6. The first kappa shape index (κ1) is 51.0. The van der Waals surface area contributed by atoms with Gasteiger partial charge in [0.1, 0.15) is 0 Å². The van der Waals surface area contributed by atoms with Gasteiger partial charge in [-0.15, -0.1) is 0 Å². The number of unbranched alkanes of at least 4 members (excludes halogenated alkanes) is 2. The van der Waals surface area contributed by atoms with Gasteiger partial charge in [0.05, 0.1) is 0 Å². The van der Waals surface area contributed by atoms with Crippen LogP contribution in [0.5, 0.6) is 0 Å². The van der Waals surface area contributed by atoms with Crippen molar-refractivity contribution in [2.24, 2.45) is 0 Å². The zero-order valence-corrected chi connectivity index (χ0v) is 45.3. The Kier molecular flexibility index (Phi) is 17.1. The standard InChI is InChI=1S/C70H89N/c1-8-14-25-50(11-4)65-47-58(48-66(51(12-5)26-15-9-2)69(65)52(13-6)24-10-3)57-37-43-61(44-38-57)71(60-41-35-56(36-42-60)54-29-20-17-21-30-54)62-45-46-64-63-31-22-23-32-67(63)70(7,68(64)49-62)59-39-33-55(34-40-59)53-27-18-16-19-28-53/h22-23,31-54H,8-21,24-30H2,1-7H3. The van der Waals surface area contributed by atoms with Gasteiger partial charge in [-0.05, 0) is 204 Å². The molecule has 0 aliphatic heterocycles. The number of hydrogen-bond donors (Lipinski definition) is 0. The van der Waals surface area contributed by atoms with Crippen LogP contribution in [0.1, 0.15) is 257 Å². The second kappa shape index (κ2) is 23.8. The molecule has 3 aliphatic rings. The maximum Gasteiger partial charge on any atom is 0.0465 e. The summed E-state index contributed by atoms with van der Waals surface area (Å²) >= 11 is 0. The van der Waals surface area contributed by atoms with Gasteiger partial charge in [-0.1, -0.05) is 203 Å². The summed E-state index contributed by atoms with van der Waals surface area (Å²) in [6, 6.07) is 51.3. The van der Waals surface area contributed by atoms with Gasteiger partial charge in [0.15, 0.2) is 0 Å². The summed E-state index contributed by atoms with van der Waals surface area (Å²) in [7, 11) is 0. The Morgan fingerprint density at radius 2 is 0.944 bits per heavy atom. The van der Waals surface area contributed by atoms with Gasteiger partial charge in [0.2, 0.25) is 0 Å². The lowest BCUT2D eigenvalue weighted by Gasteiger charge is -2.32. The summed E-state index contributed by atoms with van der Waals surface area (Å²) in [5.74, 6) is 3.18. The lowest BCUT2D eigenvalue weighted by Crippen LogP contribution is -2.23. The van der Waals surface area contributed by atoms with E-state index in [2.05, 4.69) is 181 Å². The topological polar surface area (TPSA) is 3.24 Å². The smallest absolute Gasteiger partial charge is 0.0465 e. The molecule has 1 heteroatoms. The Hall–Kier alpha value is -4.88. The lowest BCUT2D eigenvalue weighted by atomic mass is 9.73. The molecule has 0 saturated heterocycles. The highest BCUT2D eigenvalue weighted by Gasteiger charge is 2.41. The van der Waals surface area contributed by atoms with E-state index in [0.29, 0.717) is 29.6 Å². The third-order valence-electron chi connectivity index (χ3n) is 18.3. The predicted octanol–water partition coefficient (Wildman–Crippen LogP) is 21.9. The van der Waals surface area contributed by atoms with E-state index in [1.807, 2.05) is 0 Å². The summed E-state index contributed by atoms with van der Waals surface area (Å²) in [6.07, 6.45) is 27.3. The number of rotatable bonds is 21. The molecule has 0 amide bonds. The van der Waals surface area contributed by atoms with Gasteiger partial charge >= 0.3 is 0 Å². The molecule has 0 aromatic heterocycles. The highest BCUT2D eigenvalue weighted by Crippen LogP contribution is 2.54. The van der Waals surface area contributed by atoms with Crippen molar-refractivity contribution in [3.8, 4) is 22.3 Å². The van der Waals surface area contributed by atoms with Crippen LogP contribution in [0.25, 0.3) is 22.3 Å². The van der Waals surface area contributed by atoms with Gasteiger partial charge in [0, 0.05) is 22.5 Å². The van der Waals surface area contributed by atoms with Crippen molar-refractivity contribution in [1.29, 1.82) is 0 Å². The normalized spacial score (nSPS) is 18.5. The lowest BCUT2D eigenvalue weighted by molar-refractivity contribution is 0.443. The van der Waals surface area contributed by atoms with Crippen LogP contribution in [-0.2, 0) is 5.41 Å². The molecule has 0 heterocycles. The summed E-state index contributed by atoms with van der Waals surface area (Å²) < 4.78 is 0. The molecular formula is C70H89N. The molecule has 1 nitrogen and oxygen atoms in total. The van der Waals surface area contributed by atoms with E-state index < -0.39 is 0 Å². The zero-order valence-electron chi connectivity index (χ0n) is 45.3. The second-order valence-corrected chi connectivity index (χ2v) is 22.6. The molecule has 9 rings (SSSR count). The third kappa shape index (κ3) is 10.6. The summed E-state index contributed by atoms with van der Waals surface area (Å²) in [6.45, 7) is 17.0. The van der Waals surface area contributed by atoms with Crippen LogP contribution < -0.4 is 4.90 Å². The van der Waals surface area contributed by atoms with Crippen LogP contribution in [0, 0.1) is 0 Å². The minimum atomic E-state index is -0.274. The molecule has 4 atom stereocenters. The predicted molar refractivity (Wildman–Crippen MR) is 309 cm³/mol. The molecule has 6 aromatic rings. The van der Waals surface area contributed by atoms with E-state index in [1.165, 1.54) is 202 Å². The van der Waals surface area contributed by atoms with Crippen molar-refractivity contribution in [2.75, 3.05) is 4.90 Å².